The average Bonchev–Trinajstić information content (AvgIpc) is 2.67. The molecule has 0 fully saturated rings. The van der Waals surface area contributed by atoms with Gasteiger partial charge >= 0.3 is 0 Å². The lowest BCUT2D eigenvalue weighted by Crippen LogP contribution is -2.47. The fourth-order valence-corrected chi connectivity index (χ4v) is 3.11. The number of hydrogen-bond acceptors (Lipinski definition) is 4. The third-order valence-electron chi connectivity index (χ3n) is 4.18. The van der Waals surface area contributed by atoms with Crippen molar-refractivity contribution < 1.29 is 22.3 Å². The van der Waals surface area contributed by atoms with Crippen LogP contribution in [0.25, 0.3) is 0 Å². The number of rotatable bonds is 8. The second-order valence-electron chi connectivity index (χ2n) is 6.19. The first-order valence-electron chi connectivity index (χ1n) is 8.56. The van der Waals surface area contributed by atoms with Gasteiger partial charge in [-0.25, -0.2) is 12.8 Å². The van der Waals surface area contributed by atoms with Crippen LogP contribution in [-0.2, 0) is 14.8 Å². The van der Waals surface area contributed by atoms with E-state index in [9.17, 15) is 17.6 Å². The van der Waals surface area contributed by atoms with E-state index in [-0.39, 0.29) is 4.90 Å². The van der Waals surface area contributed by atoms with Crippen LogP contribution in [0.1, 0.15) is 38.7 Å². The molecular formula is C19H23FN2O4S. The molecule has 27 heavy (non-hydrogen) atoms. The van der Waals surface area contributed by atoms with E-state index in [0.29, 0.717) is 11.7 Å². The molecule has 0 saturated carbocycles. The molecular weight excluding hydrogens is 371 g/mol. The molecule has 0 heterocycles. The predicted molar refractivity (Wildman–Crippen MR) is 100 cm³/mol. The molecule has 146 valence electrons. The normalized spacial score (nSPS) is 13.6. The Labute approximate surface area is 158 Å². The standard InChI is InChI=1S/C19H23FN2O4S/c1-4-13(2)15-5-11-18(12-6-15)27(24,25)22-21-19(23)14(3)26-17-9-7-16(20)8-10-17/h5-14,22H,4H2,1-3H3,(H,21,23)/t13-,14-/m1/s1. The molecule has 0 aliphatic heterocycles. The first-order chi connectivity index (χ1) is 12.7. The van der Waals surface area contributed by atoms with Crippen LogP contribution >= 0.6 is 0 Å². The van der Waals surface area contributed by atoms with Gasteiger partial charge in [0, 0.05) is 0 Å². The number of carbonyl (C=O) groups excluding carboxylic acids is 1. The van der Waals surface area contributed by atoms with Crippen LogP contribution < -0.4 is 15.0 Å². The maximum atomic E-state index is 12.9. The Kier molecular flexibility index (Phi) is 6.92. The summed E-state index contributed by atoms with van der Waals surface area (Å²) >= 11 is 0. The number of benzene rings is 2. The summed E-state index contributed by atoms with van der Waals surface area (Å²) < 4.78 is 42.8. The summed E-state index contributed by atoms with van der Waals surface area (Å²) in [5, 5.41) is 0. The molecule has 0 bridgehead atoms. The van der Waals surface area contributed by atoms with Gasteiger partial charge in [-0.3, -0.25) is 10.2 Å². The zero-order valence-corrected chi connectivity index (χ0v) is 16.2. The largest absolute Gasteiger partial charge is 0.481 e. The topological polar surface area (TPSA) is 84.5 Å². The lowest BCUT2D eigenvalue weighted by Gasteiger charge is -2.15. The van der Waals surface area contributed by atoms with Crippen molar-refractivity contribution in [2.24, 2.45) is 0 Å². The molecule has 2 rings (SSSR count). The molecule has 2 aromatic carbocycles. The maximum absolute atomic E-state index is 12.9. The lowest BCUT2D eigenvalue weighted by molar-refractivity contribution is -0.127. The third kappa shape index (κ3) is 5.77. The summed E-state index contributed by atoms with van der Waals surface area (Å²) in [6, 6.07) is 11.7. The molecule has 0 saturated heterocycles. The van der Waals surface area contributed by atoms with Crippen LogP contribution in [0, 0.1) is 5.82 Å². The summed E-state index contributed by atoms with van der Waals surface area (Å²) in [7, 11) is -3.90. The Morgan fingerprint density at radius 1 is 1.07 bits per heavy atom. The molecule has 2 N–H and O–H groups in total. The van der Waals surface area contributed by atoms with E-state index in [2.05, 4.69) is 19.3 Å². The first-order valence-corrected chi connectivity index (χ1v) is 10.0. The van der Waals surface area contributed by atoms with Crippen LogP contribution in [-0.4, -0.2) is 20.4 Å². The van der Waals surface area contributed by atoms with Crippen molar-refractivity contribution in [3.8, 4) is 5.75 Å². The highest BCUT2D eigenvalue weighted by Gasteiger charge is 2.19. The molecule has 0 aliphatic rings. The summed E-state index contributed by atoms with van der Waals surface area (Å²) in [6.07, 6.45) is -0.0299. The van der Waals surface area contributed by atoms with Gasteiger partial charge in [-0.1, -0.05) is 26.0 Å². The SMILES string of the molecule is CC[C@@H](C)c1ccc(S(=O)(=O)NNC(=O)[C@@H](C)Oc2ccc(F)cc2)cc1. The Morgan fingerprint density at radius 2 is 1.67 bits per heavy atom. The van der Waals surface area contributed by atoms with Crippen molar-refractivity contribution in [2.45, 2.75) is 44.1 Å². The van der Waals surface area contributed by atoms with E-state index in [1.165, 1.54) is 43.3 Å². The molecule has 6 nitrogen and oxygen atoms in total. The van der Waals surface area contributed by atoms with Gasteiger partial charge in [0.1, 0.15) is 11.6 Å². The minimum Gasteiger partial charge on any atom is -0.481 e. The number of halogens is 1. The number of hydrogen-bond donors (Lipinski definition) is 2. The molecule has 2 aromatic rings. The molecule has 0 aliphatic carbocycles. The number of sulfonamides is 1. The Hall–Kier alpha value is -2.45. The van der Waals surface area contributed by atoms with Crippen molar-refractivity contribution in [1.29, 1.82) is 0 Å². The minimum absolute atomic E-state index is 0.0435. The third-order valence-corrected chi connectivity index (χ3v) is 5.44. The predicted octanol–water partition coefficient (Wildman–Crippen LogP) is 3.12. The zero-order chi connectivity index (χ0) is 20.0. The molecule has 1 amide bonds. The summed E-state index contributed by atoms with van der Waals surface area (Å²) in [5.74, 6) is -0.480. The molecule has 0 unspecified atom stereocenters. The van der Waals surface area contributed by atoms with E-state index in [1.807, 2.05) is 4.83 Å². The van der Waals surface area contributed by atoms with Gasteiger partial charge < -0.3 is 4.74 Å². The fourth-order valence-electron chi connectivity index (χ4n) is 2.26. The van der Waals surface area contributed by atoms with Gasteiger partial charge in [-0.05, 0) is 61.2 Å². The van der Waals surface area contributed by atoms with Gasteiger partial charge in [-0.2, -0.15) is 0 Å². The maximum Gasteiger partial charge on any atom is 0.275 e. The molecule has 0 aromatic heterocycles. The van der Waals surface area contributed by atoms with Gasteiger partial charge in [-0.15, -0.1) is 4.83 Å². The zero-order valence-electron chi connectivity index (χ0n) is 15.4. The minimum atomic E-state index is -3.90. The van der Waals surface area contributed by atoms with Crippen molar-refractivity contribution in [3.63, 3.8) is 0 Å². The van der Waals surface area contributed by atoms with Crippen molar-refractivity contribution in [1.82, 2.24) is 10.3 Å². The average molecular weight is 394 g/mol. The highest BCUT2D eigenvalue weighted by Crippen LogP contribution is 2.20. The summed E-state index contributed by atoms with van der Waals surface area (Å²) in [5.41, 5.74) is 3.17. The fraction of sp³-hybridized carbons (Fsp3) is 0.316. The Morgan fingerprint density at radius 3 is 2.22 bits per heavy atom. The number of nitrogens with one attached hydrogen (secondary N) is 2. The highest BCUT2D eigenvalue weighted by molar-refractivity contribution is 7.89. The van der Waals surface area contributed by atoms with Crippen LogP contribution in [0.2, 0.25) is 0 Å². The number of hydrazine groups is 1. The van der Waals surface area contributed by atoms with Gasteiger partial charge in [0.05, 0.1) is 4.90 Å². The number of amides is 1. The van der Waals surface area contributed by atoms with E-state index in [1.54, 1.807) is 12.1 Å². The second-order valence-corrected chi connectivity index (χ2v) is 7.87. The number of ether oxygens (including phenoxy) is 1. The Bertz CT molecular complexity index is 868. The van der Waals surface area contributed by atoms with Gasteiger partial charge in [0.15, 0.2) is 6.10 Å². The van der Waals surface area contributed by atoms with E-state index in [4.69, 9.17) is 4.74 Å². The van der Waals surface area contributed by atoms with Crippen LogP contribution in [0.15, 0.2) is 53.4 Å². The highest BCUT2D eigenvalue weighted by atomic mass is 32.2. The molecule has 8 heteroatoms. The summed E-state index contributed by atoms with van der Waals surface area (Å²) in [6.45, 7) is 5.57. The number of carbonyl (C=O) groups is 1. The lowest BCUT2D eigenvalue weighted by atomic mass is 9.99. The van der Waals surface area contributed by atoms with Crippen molar-refractivity contribution in [3.05, 3.63) is 59.9 Å². The van der Waals surface area contributed by atoms with Gasteiger partial charge in [0.25, 0.3) is 15.9 Å². The monoisotopic (exact) mass is 394 g/mol. The molecule has 0 spiro atoms. The quantitative estimate of drug-likeness (QED) is 0.674. The van der Waals surface area contributed by atoms with Gasteiger partial charge in [0.2, 0.25) is 0 Å². The van der Waals surface area contributed by atoms with Crippen LogP contribution in [0.4, 0.5) is 4.39 Å². The van der Waals surface area contributed by atoms with E-state index in [0.717, 1.165) is 12.0 Å². The first kappa shape index (κ1) is 20.9. The van der Waals surface area contributed by atoms with E-state index >= 15 is 0 Å². The van der Waals surface area contributed by atoms with Crippen LogP contribution in [0.5, 0.6) is 5.75 Å². The van der Waals surface area contributed by atoms with Crippen molar-refractivity contribution in [2.75, 3.05) is 0 Å². The second kappa shape index (κ2) is 8.96. The van der Waals surface area contributed by atoms with Crippen LogP contribution in [0.3, 0.4) is 0 Å². The van der Waals surface area contributed by atoms with E-state index < -0.39 is 27.9 Å². The van der Waals surface area contributed by atoms with Crippen molar-refractivity contribution >= 4 is 15.9 Å². The smallest absolute Gasteiger partial charge is 0.275 e. The Balaban J connectivity index is 1.95. The molecule has 0 radical (unpaired) electrons. The summed E-state index contributed by atoms with van der Waals surface area (Å²) in [4.78, 5) is 14.1. The molecule has 2 atom stereocenters.